The van der Waals surface area contributed by atoms with Crippen molar-refractivity contribution < 1.29 is 18.0 Å². The number of carbonyl (C=O) groups excluding carboxylic acids is 1. The number of nitrogens with zero attached hydrogens (tertiary/aromatic N) is 1. The van der Waals surface area contributed by atoms with E-state index in [2.05, 4.69) is 10.3 Å². The average molecular weight is 265 g/mol. The average Bonchev–Trinajstić information content (AvgIpc) is 2.24. The lowest BCUT2D eigenvalue weighted by molar-refractivity contribution is -0.137. The van der Waals surface area contributed by atoms with Gasteiger partial charge in [-0.1, -0.05) is 11.8 Å². The molecule has 0 fully saturated rings. The lowest BCUT2D eigenvalue weighted by Gasteiger charge is -2.10. The third kappa shape index (κ3) is 4.14. The molecule has 1 rings (SSSR count). The van der Waals surface area contributed by atoms with Crippen molar-refractivity contribution in [2.45, 2.75) is 11.2 Å². The van der Waals surface area contributed by atoms with Gasteiger partial charge in [0.25, 0.3) is 0 Å². The Morgan fingerprint density at radius 3 is 2.65 bits per heavy atom. The minimum absolute atomic E-state index is 0.0896. The zero-order chi connectivity index (χ0) is 13.1. The fraction of sp³-hybridized carbons (Fsp3) is 0.333. The number of amides is 1. The van der Waals surface area contributed by atoms with Crippen molar-refractivity contribution >= 4 is 23.5 Å². The number of halogens is 3. The van der Waals surface area contributed by atoms with Gasteiger partial charge in [-0.05, 0) is 12.1 Å². The molecule has 17 heavy (non-hydrogen) atoms. The number of alkyl halides is 3. The molecule has 0 aliphatic heterocycles. The Labute approximate surface area is 99.8 Å². The highest BCUT2D eigenvalue weighted by atomic mass is 32.2. The number of aromatic nitrogens is 1. The van der Waals surface area contributed by atoms with Crippen LogP contribution in [0.25, 0.3) is 0 Å². The number of primary amides is 1. The molecule has 0 saturated heterocycles. The minimum atomic E-state index is -4.45. The molecular formula is C9H10F3N3OS. The summed E-state index contributed by atoms with van der Waals surface area (Å²) in [5.74, 6) is -0.635. The van der Waals surface area contributed by atoms with E-state index < -0.39 is 17.6 Å². The number of carbonyl (C=O) groups is 1. The van der Waals surface area contributed by atoms with E-state index in [4.69, 9.17) is 5.73 Å². The van der Waals surface area contributed by atoms with Gasteiger partial charge in [0.1, 0.15) is 5.82 Å². The van der Waals surface area contributed by atoms with Crippen LogP contribution >= 0.6 is 11.8 Å². The van der Waals surface area contributed by atoms with Crippen LogP contribution in [0, 0.1) is 0 Å². The van der Waals surface area contributed by atoms with E-state index in [-0.39, 0.29) is 16.6 Å². The second-order valence-corrected chi connectivity index (χ2v) is 4.08. The van der Waals surface area contributed by atoms with Crippen LogP contribution in [0.4, 0.5) is 19.0 Å². The summed E-state index contributed by atoms with van der Waals surface area (Å²) in [4.78, 5) is 14.4. The van der Waals surface area contributed by atoms with E-state index in [0.29, 0.717) is 0 Å². The Kier molecular flexibility index (Phi) is 4.22. The second kappa shape index (κ2) is 5.26. The van der Waals surface area contributed by atoms with Crippen molar-refractivity contribution in [1.29, 1.82) is 0 Å². The summed E-state index contributed by atoms with van der Waals surface area (Å²) in [6.45, 7) is 0. The van der Waals surface area contributed by atoms with Gasteiger partial charge in [0.15, 0.2) is 0 Å². The van der Waals surface area contributed by atoms with Crippen molar-refractivity contribution in [2.75, 3.05) is 18.1 Å². The summed E-state index contributed by atoms with van der Waals surface area (Å²) in [7, 11) is 1.46. The molecule has 0 aromatic carbocycles. The van der Waals surface area contributed by atoms with Crippen LogP contribution < -0.4 is 11.1 Å². The Morgan fingerprint density at radius 2 is 2.18 bits per heavy atom. The number of nitrogens with two attached hydrogens (primary N) is 1. The third-order valence-electron chi connectivity index (χ3n) is 1.75. The molecular weight excluding hydrogens is 255 g/mol. The molecule has 94 valence electrons. The van der Waals surface area contributed by atoms with Gasteiger partial charge in [-0.15, -0.1) is 0 Å². The second-order valence-electron chi connectivity index (χ2n) is 3.08. The Bertz CT molecular complexity index is 422. The van der Waals surface area contributed by atoms with Gasteiger partial charge >= 0.3 is 6.18 Å². The third-order valence-corrected chi connectivity index (χ3v) is 2.68. The summed E-state index contributed by atoms with van der Waals surface area (Å²) in [6.07, 6.45) is -4.45. The Hall–Kier alpha value is -1.44. The molecule has 1 aromatic rings. The first-order chi connectivity index (χ1) is 7.82. The molecule has 0 spiro atoms. The number of hydrogen-bond donors (Lipinski definition) is 2. The maximum Gasteiger partial charge on any atom is 0.416 e. The van der Waals surface area contributed by atoms with Crippen LogP contribution in [0.1, 0.15) is 5.56 Å². The number of hydrogen-bond acceptors (Lipinski definition) is 4. The molecule has 3 N–H and O–H groups in total. The zero-order valence-electron chi connectivity index (χ0n) is 8.84. The fourth-order valence-electron chi connectivity index (χ4n) is 1.02. The normalized spacial score (nSPS) is 11.3. The van der Waals surface area contributed by atoms with Crippen LogP contribution in [-0.4, -0.2) is 23.7 Å². The summed E-state index contributed by atoms with van der Waals surface area (Å²) >= 11 is 0.863. The van der Waals surface area contributed by atoms with Gasteiger partial charge in [0.2, 0.25) is 5.91 Å². The molecule has 0 radical (unpaired) electrons. The molecule has 0 bridgehead atoms. The molecule has 0 unspecified atom stereocenters. The standard InChI is InChI=1S/C9H10F3N3OS/c1-14-7-2-5(9(10,11)12)3-8(15-7)17-4-6(13)16/h2-3H,4H2,1H3,(H2,13,16)(H,14,15). The maximum absolute atomic E-state index is 12.5. The van der Waals surface area contributed by atoms with Crippen LogP contribution in [-0.2, 0) is 11.0 Å². The van der Waals surface area contributed by atoms with Gasteiger partial charge in [-0.25, -0.2) is 4.98 Å². The first kappa shape index (κ1) is 13.6. The quantitative estimate of drug-likeness (QED) is 0.813. The van der Waals surface area contributed by atoms with E-state index in [9.17, 15) is 18.0 Å². The summed E-state index contributed by atoms with van der Waals surface area (Å²) in [5.41, 5.74) is 4.09. The predicted molar refractivity (Wildman–Crippen MR) is 58.7 cm³/mol. The first-order valence-electron chi connectivity index (χ1n) is 4.51. The van der Waals surface area contributed by atoms with Crippen molar-refractivity contribution in [3.63, 3.8) is 0 Å². The molecule has 1 amide bonds. The van der Waals surface area contributed by atoms with E-state index in [1.54, 1.807) is 0 Å². The van der Waals surface area contributed by atoms with Gasteiger partial charge in [-0.2, -0.15) is 13.2 Å². The summed E-state index contributed by atoms with van der Waals surface area (Å²) in [5, 5.41) is 2.63. The van der Waals surface area contributed by atoms with Crippen LogP contribution in [0.15, 0.2) is 17.2 Å². The largest absolute Gasteiger partial charge is 0.416 e. The van der Waals surface area contributed by atoms with E-state index >= 15 is 0 Å². The van der Waals surface area contributed by atoms with E-state index in [1.807, 2.05) is 0 Å². The molecule has 0 aliphatic rings. The van der Waals surface area contributed by atoms with Crippen LogP contribution in [0.5, 0.6) is 0 Å². The highest BCUT2D eigenvalue weighted by Crippen LogP contribution is 2.32. The Morgan fingerprint density at radius 1 is 1.53 bits per heavy atom. The highest BCUT2D eigenvalue weighted by molar-refractivity contribution is 7.99. The summed E-state index contributed by atoms with van der Waals surface area (Å²) in [6, 6.07) is 1.78. The van der Waals surface area contributed by atoms with Crippen LogP contribution in [0.3, 0.4) is 0 Å². The molecule has 8 heteroatoms. The lowest BCUT2D eigenvalue weighted by Crippen LogP contribution is -2.13. The monoisotopic (exact) mass is 265 g/mol. The lowest BCUT2D eigenvalue weighted by atomic mass is 10.2. The fourth-order valence-corrected chi connectivity index (χ4v) is 1.68. The van der Waals surface area contributed by atoms with Gasteiger partial charge in [-0.3, -0.25) is 4.79 Å². The van der Waals surface area contributed by atoms with Crippen molar-refractivity contribution in [1.82, 2.24) is 4.98 Å². The van der Waals surface area contributed by atoms with Crippen molar-refractivity contribution in [2.24, 2.45) is 5.73 Å². The number of rotatable bonds is 4. The molecule has 4 nitrogen and oxygen atoms in total. The van der Waals surface area contributed by atoms with Crippen molar-refractivity contribution in [3.8, 4) is 0 Å². The number of pyridine rings is 1. The number of anilines is 1. The molecule has 0 aliphatic carbocycles. The number of nitrogens with one attached hydrogen (secondary N) is 1. The zero-order valence-corrected chi connectivity index (χ0v) is 9.65. The van der Waals surface area contributed by atoms with E-state index in [0.717, 1.165) is 23.9 Å². The number of thioether (sulfide) groups is 1. The molecule has 1 heterocycles. The SMILES string of the molecule is CNc1cc(C(F)(F)F)cc(SCC(N)=O)n1. The molecule has 0 atom stereocenters. The van der Waals surface area contributed by atoms with Gasteiger partial charge in [0, 0.05) is 7.05 Å². The van der Waals surface area contributed by atoms with Crippen molar-refractivity contribution in [3.05, 3.63) is 17.7 Å². The first-order valence-corrected chi connectivity index (χ1v) is 5.49. The molecule has 1 aromatic heterocycles. The van der Waals surface area contributed by atoms with Gasteiger partial charge < -0.3 is 11.1 Å². The molecule has 0 saturated carbocycles. The minimum Gasteiger partial charge on any atom is -0.373 e. The Balaban J connectivity index is 3.01. The van der Waals surface area contributed by atoms with Gasteiger partial charge in [0.05, 0.1) is 16.3 Å². The smallest absolute Gasteiger partial charge is 0.373 e. The maximum atomic E-state index is 12.5. The predicted octanol–water partition coefficient (Wildman–Crippen LogP) is 1.72. The van der Waals surface area contributed by atoms with E-state index in [1.165, 1.54) is 7.05 Å². The summed E-state index contributed by atoms with van der Waals surface area (Å²) < 4.78 is 37.6. The highest BCUT2D eigenvalue weighted by Gasteiger charge is 2.31. The topological polar surface area (TPSA) is 68.0 Å². The van der Waals surface area contributed by atoms with Crippen LogP contribution in [0.2, 0.25) is 0 Å².